The van der Waals surface area contributed by atoms with E-state index < -0.39 is 0 Å². The SMILES string of the molecule is O=C(Nc1ccccc1O)C1CCN(C(=O)c2ccc(C3CCCCC3)cc2)CC1. The third kappa shape index (κ3) is 4.66. The molecule has 1 saturated carbocycles. The first-order valence-corrected chi connectivity index (χ1v) is 11.1. The Kier molecular flexibility index (Phi) is 6.36. The van der Waals surface area contributed by atoms with Crippen LogP contribution in [0.5, 0.6) is 5.75 Å². The van der Waals surface area contributed by atoms with E-state index in [2.05, 4.69) is 17.4 Å². The fourth-order valence-electron chi connectivity index (χ4n) is 4.68. The first-order valence-electron chi connectivity index (χ1n) is 11.1. The van der Waals surface area contributed by atoms with E-state index in [1.807, 2.05) is 17.0 Å². The molecule has 2 amide bonds. The number of aromatic hydroxyl groups is 1. The largest absolute Gasteiger partial charge is 0.506 e. The van der Waals surface area contributed by atoms with Gasteiger partial charge in [0.2, 0.25) is 5.91 Å². The summed E-state index contributed by atoms with van der Waals surface area (Å²) in [6.45, 7) is 1.14. The number of nitrogens with one attached hydrogen (secondary N) is 1. The zero-order chi connectivity index (χ0) is 20.9. The van der Waals surface area contributed by atoms with Crippen molar-refractivity contribution in [3.63, 3.8) is 0 Å². The molecule has 158 valence electrons. The van der Waals surface area contributed by atoms with Gasteiger partial charge in [0.1, 0.15) is 5.75 Å². The van der Waals surface area contributed by atoms with Gasteiger partial charge in [-0.2, -0.15) is 0 Å². The highest BCUT2D eigenvalue weighted by atomic mass is 16.3. The second-order valence-corrected chi connectivity index (χ2v) is 8.53. The predicted molar refractivity (Wildman–Crippen MR) is 118 cm³/mol. The molecule has 2 fully saturated rings. The number of carbonyl (C=O) groups excluding carboxylic acids is 2. The summed E-state index contributed by atoms with van der Waals surface area (Å²) in [6, 6.07) is 14.9. The second-order valence-electron chi connectivity index (χ2n) is 8.53. The molecule has 2 aromatic carbocycles. The number of carbonyl (C=O) groups is 2. The molecule has 2 aromatic rings. The normalized spacial score (nSPS) is 18.2. The molecule has 2 N–H and O–H groups in total. The van der Waals surface area contributed by atoms with E-state index in [9.17, 15) is 14.7 Å². The van der Waals surface area contributed by atoms with Crippen LogP contribution in [0.3, 0.4) is 0 Å². The summed E-state index contributed by atoms with van der Waals surface area (Å²) < 4.78 is 0. The van der Waals surface area contributed by atoms with Crippen LogP contribution in [-0.2, 0) is 4.79 Å². The topological polar surface area (TPSA) is 69.6 Å². The van der Waals surface area contributed by atoms with Crippen molar-refractivity contribution in [2.24, 2.45) is 5.92 Å². The molecule has 1 saturated heterocycles. The van der Waals surface area contributed by atoms with Crippen LogP contribution < -0.4 is 5.32 Å². The van der Waals surface area contributed by atoms with Gasteiger partial charge in [0.05, 0.1) is 5.69 Å². The summed E-state index contributed by atoms with van der Waals surface area (Å²) in [5.41, 5.74) is 2.51. The van der Waals surface area contributed by atoms with Crippen LogP contribution in [0.4, 0.5) is 5.69 Å². The Labute approximate surface area is 178 Å². The Morgan fingerprint density at radius 3 is 2.20 bits per heavy atom. The number of anilines is 1. The number of piperidine rings is 1. The first-order chi connectivity index (χ1) is 14.6. The first kappa shape index (κ1) is 20.5. The predicted octanol–water partition coefficient (Wildman–Crippen LogP) is 4.93. The molecule has 0 radical (unpaired) electrons. The summed E-state index contributed by atoms with van der Waals surface area (Å²) in [4.78, 5) is 27.3. The maximum Gasteiger partial charge on any atom is 0.253 e. The highest BCUT2D eigenvalue weighted by Gasteiger charge is 2.28. The number of hydrogen-bond acceptors (Lipinski definition) is 3. The molecule has 1 aliphatic heterocycles. The lowest BCUT2D eigenvalue weighted by molar-refractivity contribution is -0.121. The minimum atomic E-state index is -0.151. The monoisotopic (exact) mass is 406 g/mol. The lowest BCUT2D eigenvalue weighted by atomic mass is 9.84. The van der Waals surface area contributed by atoms with Gasteiger partial charge in [0, 0.05) is 24.6 Å². The van der Waals surface area contributed by atoms with Crippen molar-refractivity contribution in [1.82, 2.24) is 4.90 Å². The van der Waals surface area contributed by atoms with E-state index in [4.69, 9.17) is 0 Å². The molecule has 1 aliphatic carbocycles. The highest BCUT2D eigenvalue weighted by Crippen LogP contribution is 2.33. The van der Waals surface area contributed by atoms with Crippen molar-refractivity contribution in [2.75, 3.05) is 18.4 Å². The number of hydrogen-bond donors (Lipinski definition) is 2. The quantitative estimate of drug-likeness (QED) is 0.707. The van der Waals surface area contributed by atoms with Crippen LogP contribution in [-0.4, -0.2) is 34.9 Å². The molecular weight excluding hydrogens is 376 g/mol. The van der Waals surface area contributed by atoms with Gasteiger partial charge >= 0.3 is 0 Å². The van der Waals surface area contributed by atoms with Gasteiger partial charge < -0.3 is 15.3 Å². The van der Waals surface area contributed by atoms with E-state index in [0.29, 0.717) is 37.5 Å². The zero-order valence-corrected chi connectivity index (χ0v) is 17.3. The van der Waals surface area contributed by atoms with Gasteiger partial charge in [-0.1, -0.05) is 43.5 Å². The highest BCUT2D eigenvalue weighted by molar-refractivity contribution is 5.96. The smallest absolute Gasteiger partial charge is 0.253 e. The van der Waals surface area contributed by atoms with Gasteiger partial charge in [-0.05, 0) is 61.4 Å². The maximum absolute atomic E-state index is 12.9. The van der Waals surface area contributed by atoms with E-state index in [0.717, 1.165) is 5.56 Å². The average Bonchev–Trinajstić information content (AvgIpc) is 2.81. The third-order valence-corrected chi connectivity index (χ3v) is 6.55. The third-order valence-electron chi connectivity index (χ3n) is 6.55. The van der Waals surface area contributed by atoms with Gasteiger partial charge in [0.15, 0.2) is 0 Å². The van der Waals surface area contributed by atoms with Crippen LogP contribution >= 0.6 is 0 Å². The van der Waals surface area contributed by atoms with Gasteiger partial charge in [-0.3, -0.25) is 9.59 Å². The molecule has 30 heavy (non-hydrogen) atoms. The molecule has 1 heterocycles. The number of nitrogens with zero attached hydrogens (tertiary/aromatic N) is 1. The van der Waals surface area contributed by atoms with Crippen molar-refractivity contribution >= 4 is 17.5 Å². The fourth-order valence-corrected chi connectivity index (χ4v) is 4.68. The summed E-state index contributed by atoms with van der Waals surface area (Å²) >= 11 is 0. The van der Waals surface area contributed by atoms with E-state index >= 15 is 0 Å². The molecular formula is C25H30N2O3. The molecule has 2 aliphatic rings. The Morgan fingerprint density at radius 1 is 0.867 bits per heavy atom. The zero-order valence-electron chi connectivity index (χ0n) is 17.3. The average molecular weight is 407 g/mol. The maximum atomic E-state index is 12.9. The second kappa shape index (κ2) is 9.33. The van der Waals surface area contributed by atoms with Crippen LogP contribution in [0.2, 0.25) is 0 Å². The van der Waals surface area contributed by atoms with Crippen molar-refractivity contribution in [1.29, 1.82) is 0 Å². The Hall–Kier alpha value is -2.82. The van der Waals surface area contributed by atoms with E-state index in [1.54, 1.807) is 24.3 Å². The molecule has 5 heteroatoms. The van der Waals surface area contributed by atoms with Crippen LogP contribution in [0.1, 0.15) is 66.8 Å². The molecule has 0 unspecified atom stereocenters. The van der Waals surface area contributed by atoms with E-state index in [-0.39, 0.29) is 23.5 Å². The molecule has 4 rings (SSSR count). The summed E-state index contributed by atoms with van der Waals surface area (Å²) in [7, 11) is 0. The number of benzene rings is 2. The van der Waals surface area contributed by atoms with Gasteiger partial charge in [0.25, 0.3) is 5.91 Å². The van der Waals surface area contributed by atoms with Crippen molar-refractivity contribution in [2.45, 2.75) is 50.9 Å². The Morgan fingerprint density at radius 2 is 1.53 bits per heavy atom. The standard InChI is InChI=1S/C25H30N2O3/c28-23-9-5-4-8-22(23)26-24(29)20-14-16-27(17-15-20)25(30)21-12-10-19(11-13-21)18-6-2-1-3-7-18/h4-5,8-13,18,20,28H,1-3,6-7,14-17H2,(H,26,29). The van der Waals surface area contributed by atoms with Crippen molar-refractivity contribution in [3.8, 4) is 5.75 Å². The Balaban J connectivity index is 1.30. The minimum Gasteiger partial charge on any atom is -0.506 e. The number of amides is 2. The molecule has 0 spiro atoms. The molecule has 5 nitrogen and oxygen atoms in total. The number of likely N-dealkylation sites (tertiary alicyclic amines) is 1. The van der Waals surface area contributed by atoms with Crippen LogP contribution in [0.15, 0.2) is 48.5 Å². The molecule has 0 aromatic heterocycles. The molecule has 0 bridgehead atoms. The minimum absolute atomic E-state index is 0.0461. The van der Waals surface area contributed by atoms with Crippen molar-refractivity contribution < 1.29 is 14.7 Å². The summed E-state index contributed by atoms with van der Waals surface area (Å²) in [6.07, 6.45) is 7.72. The lowest BCUT2D eigenvalue weighted by Gasteiger charge is -2.31. The number of phenols is 1. The number of para-hydroxylation sites is 2. The number of rotatable bonds is 4. The molecule has 0 atom stereocenters. The van der Waals surface area contributed by atoms with Gasteiger partial charge in [-0.25, -0.2) is 0 Å². The fraction of sp³-hybridized carbons (Fsp3) is 0.440. The van der Waals surface area contributed by atoms with Crippen LogP contribution in [0, 0.1) is 5.92 Å². The number of phenolic OH excluding ortho intramolecular Hbond substituents is 1. The van der Waals surface area contributed by atoms with Crippen LogP contribution in [0.25, 0.3) is 0 Å². The van der Waals surface area contributed by atoms with E-state index in [1.165, 1.54) is 37.7 Å². The van der Waals surface area contributed by atoms with Gasteiger partial charge in [-0.15, -0.1) is 0 Å². The Bertz CT molecular complexity index is 880. The summed E-state index contributed by atoms with van der Waals surface area (Å²) in [5.74, 6) is 0.504. The summed E-state index contributed by atoms with van der Waals surface area (Å²) in [5, 5.41) is 12.6. The van der Waals surface area contributed by atoms with Crippen molar-refractivity contribution in [3.05, 3.63) is 59.7 Å². The lowest BCUT2D eigenvalue weighted by Crippen LogP contribution is -2.41.